The van der Waals surface area contributed by atoms with Crippen molar-refractivity contribution in [2.45, 2.75) is 26.4 Å². The lowest BCUT2D eigenvalue weighted by molar-refractivity contribution is 0.248. The third-order valence-corrected chi connectivity index (χ3v) is 5.69. The Kier molecular flexibility index (Phi) is 6.28. The van der Waals surface area contributed by atoms with Crippen LogP contribution in [-0.4, -0.2) is 38.8 Å². The highest BCUT2D eigenvalue weighted by Gasteiger charge is 2.19. The minimum atomic E-state index is -0.413. The fourth-order valence-corrected chi connectivity index (χ4v) is 3.71. The number of rotatable bonds is 7. The Morgan fingerprint density at radius 3 is 2.66 bits per heavy atom. The van der Waals surface area contributed by atoms with Gasteiger partial charge in [-0.1, -0.05) is 18.2 Å². The van der Waals surface area contributed by atoms with E-state index in [1.54, 1.807) is 18.6 Å². The van der Waals surface area contributed by atoms with E-state index in [0.29, 0.717) is 12.1 Å². The minimum absolute atomic E-state index is 0.0697. The van der Waals surface area contributed by atoms with Gasteiger partial charge in [-0.15, -0.1) is 0 Å². The molecule has 0 aliphatic rings. The van der Waals surface area contributed by atoms with Crippen molar-refractivity contribution in [3.8, 4) is 22.7 Å². The molecule has 0 amide bonds. The molecule has 32 heavy (non-hydrogen) atoms. The highest BCUT2D eigenvalue weighted by atomic mass is 19.1. The molecule has 0 unspecified atom stereocenters. The van der Waals surface area contributed by atoms with Crippen molar-refractivity contribution in [1.29, 1.82) is 0 Å². The Labute approximate surface area is 187 Å². The molecule has 0 fully saturated rings. The van der Waals surface area contributed by atoms with Crippen molar-refractivity contribution >= 4 is 0 Å². The molecule has 0 saturated carbocycles. The number of hydrogen-bond donors (Lipinski definition) is 0. The van der Waals surface area contributed by atoms with Crippen LogP contribution >= 0.6 is 0 Å². The van der Waals surface area contributed by atoms with Gasteiger partial charge >= 0.3 is 0 Å². The number of hydrogen-bond acceptors (Lipinski definition) is 5. The summed E-state index contributed by atoms with van der Waals surface area (Å²) in [4.78, 5) is 10.6. The van der Waals surface area contributed by atoms with E-state index in [-0.39, 0.29) is 11.8 Å². The molecule has 4 rings (SSSR count). The second-order valence-electron chi connectivity index (χ2n) is 7.81. The van der Waals surface area contributed by atoms with Crippen LogP contribution in [0.4, 0.5) is 4.39 Å². The van der Waals surface area contributed by atoms with E-state index in [2.05, 4.69) is 21.8 Å². The maximum atomic E-state index is 14.5. The summed E-state index contributed by atoms with van der Waals surface area (Å²) < 4.78 is 21.4. The zero-order chi connectivity index (χ0) is 22.7. The van der Waals surface area contributed by atoms with Gasteiger partial charge in [-0.3, -0.25) is 4.90 Å². The number of halogens is 1. The molecule has 4 aromatic rings. The van der Waals surface area contributed by atoms with Crippen molar-refractivity contribution < 1.29 is 9.13 Å². The summed E-state index contributed by atoms with van der Waals surface area (Å²) in [6.07, 6.45) is 5.32. The van der Waals surface area contributed by atoms with Crippen molar-refractivity contribution in [2.24, 2.45) is 0 Å². The summed E-state index contributed by atoms with van der Waals surface area (Å²) in [5.74, 6) is -0.202. The Bertz CT molecular complexity index is 1210. The Morgan fingerprint density at radius 1 is 1.16 bits per heavy atom. The van der Waals surface area contributed by atoms with Gasteiger partial charge in [0.15, 0.2) is 11.6 Å². The molecule has 2 aromatic carbocycles. The van der Waals surface area contributed by atoms with Gasteiger partial charge in [0.25, 0.3) is 0 Å². The average Bonchev–Trinajstić information content (AvgIpc) is 3.22. The molecule has 0 spiro atoms. The number of aryl methyl sites for hydroxylation is 1. The number of methoxy groups -OCH3 is 1. The van der Waals surface area contributed by atoms with Crippen LogP contribution in [0.1, 0.15) is 29.8 Å². The lowest BCUT2D eigenvalue weighted by atomic mass is 10.1. The van der Waals surface area contributed by atoms with Gasteiger partial charge in [-0.2, -0.15) is 5.10 Å². The van der Waals surface area contributed by atoms with Crippen LogP contribution in [0.25, 0.3) is 16.9 Å². The number of aromatic nitrogens is 4. The van der Waals surface area contributed by atoms with E-state index in [4.69, 9.17) is 9.84 Å². The zero-order valence-corrected chi connectivity index (χ0v) is 18.7. The Hall–Kier alpha value is -3.58. The molecule has 6 nitrogen and oxygen atoms in total. The van der Waals surface area contributed by atoms with Crippen LogP contribution < -0.4 is 4.74 Å². The van der Waals surface area contributed by atoms with Gasteiger partial charge in [0.1, 0.15) is 6.33 Å². The lowest BCUT2D eigenvalue weighted by Gasteiger charge is -2.24. The number of nitrogens with zero attached hydrogens (tertiary/aromatic N) is 5. The molecular weight excluding hydrogens is 405 g/mol. The second-order valence-corrected chi connectivity index (χ2v) is 7.81. The fourth-order valence-electron chi connectivity index (χ4n) is 3.71. The van der Waals surface area contributed by atoms with Gasteiger partial charge in [0, 0.05) is 36.1 Å². The van der Waals surface area contributed by atoms with Gasteiger partial charge in [0.05, 0.1) is 24.2 Å². The average molecular weight is 432 g/mol. The third-order valence-electron chi connectivity index (χ3n) is 5.69. The first-order chi connectivity index (χ1) is 15.5. The minimum Gasteiger partial charge on any atom is -0.494 e. The van der Waals surface area contributed by atoms with E-state index in [0.717, 1.165) is 28.2 Å². The standard InChI is InChI=1S/C25H26FN5O/c1-17-7-5-6-8-23(17)31-15-20(14-30(3)18(2)22-11-12-27-16-28-22)25(29-31)19-9-10-24(32-4)21(26)13-19/h5-13,15-16,18H,14H2,1-4H3/t18-/m1/s1. The lowest BCUT2D eigenvalue weighted by Crippen LogP contribution is -2.22. The molecule has 164 valence electrons. The quantitative estimate of drug-likeness (QED) is 0.413. The molecule has 0 saturated heterocycles. The highest BCUT2D eigenvalue weighted by Crippen LogP contribution is 2.30. The van der Waals surface area contributed by atoms with Crippen molar-refractivity contribution in [3.05, 3.63) is 89.9 Å². The van der Waals surface area contributed by atoms with Crippen LogP contribution in [0.15, 0.2) is 67.3 Å². The largest absolute Gasteiger partial charge is 0.494 e. The fraction of sp³-hybridized carbons (Fsp3) is 0.240. The molecule has 1 atom stereocenters. The van der Waals surface area contributed by atoms with Crippen molar-refractivity contribution in [1.82, 2.24) is 24.6 Å². The van der Waals surface area contributed by atoms with Gasteiger partial charge in [-0.05, 0) is 56.8 Å². The van der Waals surface area contributed by atoms with E-state index in [1.165, 1.54) is 13.2 Å². The van der Waals surface area contributed by atoms with Gasteiger partial charge < -0.3 is 4.74 Å². The van der Waals surface area contributed by atoms with E-state index >= 15 is 0 Å². The molecule has 7 heteroatoms. The maximum Gasteiger partial charge on any atom is 0.165 e. The summed E-state index contributed by atoms with van der Waals surface area (Å²) >= 11 is 0. The summed E-state index contributed by atoms with van der Waals surface area (Å²) in [7, 11) is 3.50. The zero-order valence-electron chi connectivity index (χ0n) is 18.7. The summed E-state index contributed by atoms with van der Waals surface area (Å²) in [6, 6.07) is 15.0. The molecule has 0 radical (unpaired) electrons. The van der Waals surface area contributed by atoms with Crippen LogP contribution in [0, 0.1) is 12.7 Å². The van der Waals surface area contributed by atoms with Crippen LogP contribution in [0.3, 0.4) is 0 Å². The van der Waals surface area contributed by atoms with Crippen LogP contribution in [0.5, 0.6) is 5.75 Å². The van der Waals surface area contributed by atoms with E-state index < -0.39 is 5.82 Å². The first-order valence-electron chi connectivity index (χ1n) is 10.4. The predicted octanol–water partition coefficient (Wildman–Crippen LogP) is 4.98. The first kappa shape index (κ1) is 21.6. The van der Waals surface area contributed by atoms with E-state index in [9.17, 15) is 4.39 Å². The molecule has 0 bridgehead atoms. The molecule has 0 aliphatic carbocycles. The second kappa shape index (κ2) is 9.28. The number of ether oxygens (including phenoxy) is 1. The van der Waals surface area contributed by atoms with Crippen molar-refractivity contribution in [2.75, 3.05) is 14.2 Å². The molecule has 0 N–H and O–H groups in total. The van der Waals surface area contributed by atoms with Crippen LogP contribution in [0.2, 0.25) is 0 Å². The maximum absolute atomic E-state index is 14.5. The highest BCUT2D eigenvalue weighted by molar-refractivity contribution is 5.64. The topological polar surface area (TPSA) is 56.1 Å². The summed E-state index contributed by atoms with van der Waals surface area (Å²) in [6.45, 7) is 4.76. The SMILES string of the molecule is COc1ccc(-c2nn(-c3ccccc3C)cc2CN(C)[C@H](C)c2ccncn2)cc1F. The third kappa shape index (κ3) is 4.38. The van der Waals surface area contributed by atoms with Gasteiger partial charge in [0.2, 0.25) is 0 Å². The van der Waals surface area contributed by atoms with Crippen LogP contribution in [-0.2, 0) is 6.54 Å². The Balaban J connectivity index is 1.74. The predicted molar refractivity (Wildman–Crippen MR) is 122 cm³/mol. The molecule has 0 aliphatic heterocycles. The monoisotopic (exact) mass is 431 g/mol. The first-order valence-corrected chi connectivity index (χ1v) is 10.4. The Morgan fingerprint density at radius 2 is 1.97 bits per heavy atom. The number of para-hydroxylation sites is 1. The molecule has 2 aromatic heterocycles. The molecule has 2 heterocycles. The van der Waals surface area contributed by atoms with E-state index in [1.807, 2.05) is 61.2 Å². The van der Waals surface area contributed by atoms with Gasteiger partial charge in [-0.25, -0.2) is 19.0 Å². The normalized spacial score (nSPS) is 12.2. The summed E-state index contributed by atoms with van der Waals surface area (Å²) in [5, 5.41) is 4.85. The molecular formula is C25H26FN5O. The smallest absolute Gasteiger partial charge is 0.165 e. The van der Waals surface area contributed by atoms with Crippen molar-refractivity contribution in [3.63, 3.8) is 0 Å². The number of benzene rings is 2. The summed E-state index contributed by atoms with van der Waals surface area (Å²) in [5.41, 5.74) is 5.45.